The van der Waals surface area contributed by atoms with Crippen LogP contribution in [0.2, 0.25) is 0 Å². The van der Waals surface area contributed by atoms with Crippen LogP contribution in [0.15, 0.2) is 73.1 Å². The minimum atomic E-state index is -0.144. The number of aromatic amines is 2. The third-order valence-electron chi connectivity index (χ3n) is 4.61. The monoisotopic (exact) mass is 394 g/mol. The Morgan fingerprint density at radius 3 is 1.37 bits per heavy atom. The summed E-state index contributed by atoms with van der Waals surface area (Å²) in [4.78, 5) is 14.8. The number of imidazole rings is 2. The highest BCUT2D eigenvalue weighted by Gasteiger charge is 2.09. The van der Waals surface area contributed by atoms with Crippen LogP contribution in [0.4, 0.5) is 0 Å². The van der Waals surface area contributed by atoms with Crippen LogP contribution < -0.4 is 0 Å². The van der Waals surface area contributed by atoms with E-state index in [1.54, 1.807) is 12.4 Å². The van der Waals surface area contributed by atoms with Crippen molar-refractivity contribution >= 4 is 0 Å². The third-order valence-corrected chi connectivity index (χ3v) is 4.61. The van der Waals surface area contributed by atoms with E-state index in [9.17, 15) is 0 Å². The lowest BCUT2D eigenvalue weighted by Gasteiger charge is -1.97. The fourth-order valence-electron chi connectivity index (χ4n) is 2.74. The summed E-state index contributed by atoms with van der Waals surface area (Å²) in [6.45, 7) is 3.70. The molecule has 0 fully saturated rings. The van der Waals surface area contributed by atoms with E-state index >= 15 is 0 Å². The molecule has 0 saturated carbocycles. The lowest BCUT2D eigenvalue weighted by Crippen LogP contribution is -1.88. The number of nitrogens with zero attached hydrogens (tertiary/aromatic N) is 4. The van der Waals surface area contributed by atoms with Gasteiger partial charge in [-0.3, -0.25) is 0 Å². The van der Waals surface area contributed by atoms with Crippen molar-refractivity contribution in [3.8, 4) is 34.9 Å². The van der Waals surface area contributed by atoms with E-state index in [1.807, 2.05) is 74.5 Å². The van der Waals surface area contributed by atoms with E-state index in [4.69, 9.17) is 10.5 Å². The summed E-state index contributed by atoms with van der Waals surface area (Å²) < 4.78 is 0. The van der Waals surface area contributed by atoms with Gasteiger partial charge in [0.25, 0.3) is 0 Å². The summed E-state index contributed by atoms with van der Waals surface area (Å²) in [7, 11) is 0. The molecule has 6 nitrogen and oxygen atoms in total. The highest BCUT2D eigenvalue weighted by atomic mass is 14.9. The molecule has 2 unspecified atom stereocenters. The number of nitriles is 2. The van der Waals surface area contributed by atoms with Crippen LogP contribution in [0.1, 0.15) is 37.1 Å². The van der Waals surface area contributed by atoms with Gasteiger partial charge in [0, 0.05) is 23.5 Å². The maximum Gasteiger partial charge on any atom is 0.137 e. The zero-order valence-electron chi connectivity index (χ0n) is 16.9. The molecule has 0 aliphatic heterocycles. The first-order valence-electron chi connectivity index (χ1n) is 9.62. The number of nitrogens with one attached hydrogen (secondary N) is 2. The summed E-state index contributed by atoms with van der Waals surface area (Å²) >= 11 is 0. The molecule has 4 aromatic rings. The number of hydrogen-bond acceptors (Lipinski definition) is 4. The number of benzene rings is 2. The number of aromatic nitrogens is 4. The molecule has 148 valence electrons. The molecule has 2 N–H and O–H groups in total. The Bertz CT molecular complexity index is 1050. The van der Waals surface area contributed by atoms with Crippen LogP contribution in [0.25, 0.3) is 22.8 Å². The number of H-pyrrole nitrogens is 2. The molecule has 0 radical (unpaired) electrons. The predicted octanol–water partition coefficient (Wildman–Crippen LogP) is 5.41. The quantitative estimate of drug-likeness (QED) is 0.483. The van der Waals surface area contributed by atoms with Gasteiger partial charge in [0.15, 0.2) is 0 Å². The first-order chi connectivity index (χ1) is 14.6. The Morgan fingerprint density at radius 1 is 0.667 bits per heavy atom. The van der Waals surface area contributed by atoms with E-state index in [2.05, 4.69) is 32.1 Å². The predicted molar refractivity (Wildman–Crippen MR) is 116 cm³/mol. The summed E-state index contributed by atoms with van der Waals surface area (Å²) in [5, 5.41) is 17.5. The molecule has 0 aliphatic rings. The van der Waals surface area contributed by atoms with Gasteiger partial charge in [0.05, 0.1) is 35.4 Å². The van der Waals surface area contributed by atoms with Gasteiger partial charge in [-0.1, -0.05) is 60.7 Å². The van der Waals surface area contributed by atoms with Gasteiger partial charge in [-0.25, -0.2) is 9.97 Å². The van der Waals surface area contributed by atoms with Gasteiger partial charge in [-0.15, -0.1) is 0 Å². The lowest BCUT2D eigenvalue weighted by atomic mass is 10.1. The largest absolute Gasteiger partial charge is 0.341 e. The molecule has 2 aromatic heterocycles. The van der Waals surface area contributed by atoms with E-state index in [0.29, 0.717) is 0 Å². The average molecular weight is 394 g/mol. The third kappa shape index (κ3) is 5.01. The zero-order valence-corrected chi connectivity index (χ0v) is 16.9. The van der Waals surface area contributed by atoms with E-state index < -0.39 is 0 Å². The second-order valence-electron chi connectivity index (χ2n) is 6.81. The van der Waals surface area contributed by atoms with Crippen molar-refractivity contribution in [3.63, 3.8) is 0 Å². The molecule has 0 aliphatic carbocycles. The van der Waals surface area contributed by atoms with E-state index in [-0.39, 0.29) is 11.8 Å². The molecule has 6 heteroatoms. The van der Waals surface area contributed by atoms with Gasteiger partial charge < -0.3 is 9.97 Å². The first kappa shape index (κ1) is 20.6. The lowest BCUT2D eigenvalue weighted by molar-refractivity contribution is 0.936. The molecule has 0 saturated heterocycles. The van der Waals surface area contributed by atoms with Crippen LogP contribution in [0, 0.1) is 22.7 Å². The molecular weight excluding hydrogens is 372 g/mol. The van der Waals surface area contributed by atoms with Gasteiger partial charge in [-0.2, -0.15) is 10.5 Å². The van der Waals surface area contributed by atoms with Crippen LogP contribution in [-0.4, -0.2) is 19.9 Å². The highest BCUT2D eigenvalue weighted by molar-refractivity contribution is 5.55. The first-order valence-corrected chi connectivity index (χ1v) is 9.62. The molecule has 4 rings (SSSR count). The fraction of sp³-hybridized carbons (Fsp3) is 0.167. The normalized spacial score (nSPS) is 12.0. The Hall–Kier alpha value is -4.16. The maximum atomic E-state index is 8.77. The molecule has 2 atom stereocenters. The average Bonchev–Trinajstić information content (AvgIpc) is 3.50. The zero-order chi connectivity index (χ0) is 21.3. The minimum absolute atomic E-state index is 0.144. The van der Waals surface area contributed by atoms with Crippen LogP contribution in [0.3, 0.4) is 0 Å². The fourth-order valence-corrected chi connectivity index (χ4v) is 2.74. The molecule has 0 amide bonds. The Morgan fingerprint density at radius 2 is 1.03 bits per heavy atom. The van der Waals surface area contributed by atoms with Gasteiger partial charge >= 0.3 is 0 Å². The van der Waals surface area contributed by atoms with Crippen LogP contribution in [0.5, 0.6) is 0 Å². The molecule has 0 bridgehead atoms. The Kier molecular flexibility index (Phi) is 6.76. The van der Waals surface area contributed by atoms with Crippen LogP contribution in [-0.2, 0) is 0 Å². The maximum absolute atomic E-state index is 8.77. The molecule has 0 spiro atoms. The Labute approximate surface area is 175 Å². The molecular formula is C24H22N6. The topological polar surface area (TPSA) is 105 Å². The smallest absolute Gasteiger partial charge is 0.137 e. The Balaban J connectivity index is 0.000000171. The van der Waals surface area contributed by atoms with Gasteiger partial charge in [0.2, 0.25) is 0 Å². The van der Waals surface area contributed by atoms with Crippen molar-refractivity contribution in [3.05, 3.63) is 84.4 Å². The van der Waals surface area contributed by atoms with Gasteiger partial charge in [-0.05, 0) is 13.8 Å². The van der Waals surface area contributed by atoms with Gasteiger partial charge in [0.1, 0.15) is 11.6 Å². The highest BCUT2D eigenvalue weighted by Crippen LogP contribution is 2.19. The number of hydrogen-bond donors (Lipinski definition) is 2. The summed E-state index contributed by atoms with van der Waals surface area (Å²) in [5.41, 5.74) is 3.79. The van der Waals surface area contributed by atoms with Crippen molar-refractivity contribution in [1.29, 1.82) is 10.5 Å². The standard InChI is InChI=1S/2C12H11N3/c2*1-9(7-13)11-8-14-12(15-11)10-5-3-2-4-6-10/h2*2-6,8-9H,1H3,(H,14,15). The number of rotatable bonds is 4. The molecule has 2 heterocycles. The van der Waals surface area contributed by atoms with E-state index in [0.717, 1.165) is 34.2 Å². The molecule has 30 heavy (non-hydrogen) atoms. The van der Waals surface area contributed by atoms with Crippen molar-refractivity contribution in [1.82, 2.24) is 19.9 Å². The summed E-state index contributed by atoms with van der Waals surface area (Å²) in [6, 6.07) is 24.1. The minimum Gasteiger partial charge on any atom is -0.341 e. The van der Waals surface area contributed by atoms with E-state index in [1.165, 1.54) is 0 Å². The molecule has 2 aromatic carbocycles. The second kappa shape index (κ2) is 9.86. The summed E-state index contributed by atoms with van der Waals surface area (Å²) in [5.74, 6) is 1.34. The van der Waals surface area contributed by atoms with Crippen molar-refractivity contribution < 1.29 is 0 Å². The van der Waals surface area contributed by atoms with Crippen molar-refractivity contribution in [2.24, 2.45) is 0 Å². The van der Waals surface area contributed by atoms with Crippen LogP contribution >= 0.6 is 0 Å². The SMILES string of the molecule is CC(C#N)c1cnc(-c2ccccc2)[nH]1.CC(C#N)c1cnc(-c2ccccc2)[nH]1. The van der Waals surface area contributed by atoms with Crippen molar-refractivity contribution in [2.45, 2.75) is 25.7 Å². The van der Waals surface area contributed by atoms with Crippen molar-refractivity contribution in [2.75, 3.05) is 0 Å². The summed E-state index contributed by atoms with van der Waals surface area (Å²) in [6.07, 6.45) is 3.44. The second-order valence-corrected chi connectivity index (χ2v) is 6.81.